The van der Waals surface area contributed by atoms with E-state index in [1.165, 1.54) is 0 Å². The molecule has 37 heavy (non-hydrogen) atoms. The highest BCUT2D eigenvalue weighted by Gasteiger charge is 2.29. The molecule has 0 aliphatic heterocycles. The summed E-state index contributed by atoms with van der Waals surface area (Å²) in [5.74, 6) is 0.397. The summed E-state index contributed by atoms with van der Waals surface area (Å²) in [7, 11) is 0. The van der Waals surface area contributed by atoms with Crippen molar-refractivity contribution in [2.45, 2.75) is 58.2 Å². The lowest BCUT2D eigenvalue weighted by atomic mass is 10.0. The lowest BCUT2D eigenvalue weighted by molar-refractivity contribution is -0.124. The van der Waals surface area contributed by atoms with Crippen molar-refractivity contribution >= 4 is 22.8 Å². The second-order valence-corrected chi connectivity index (χ2v) is 10.0. The maximum atomic E-state index is 13.6. The van der Waals surface area contributed by atoms with Crippen LogP contribution < -0.4 is 10.6 Å². The highest BCUT2D eigenvalue weighted by atomic mass is 16.6. The molecule has 0 aliphatic carbocycles. The normalized spacial score (nSPS) is 13.1. The molecule has 0 aliphatic rings. The van der Waals surface area contributed by atoms with Gasteiger partial charge < -0.3 is 19.9 Å². The summed E-state index contributed by atoms with van der Waals surface area (Å²) in [5, 5.41) is 11.8. The fraction of sp³-hybridized carbons (Fsp3) is 0.310. The van der Waals surface area contributed by atoms with Crippen molar-refractivity contribution in [1.29, 1.82) is 0 Å². The van der Waals surface area contributed by atoms with Gasteiger partial charge in [-0.25, -0.2) is 4.79 Å². The van der Waals surface area contributed by atoms with Crippen molar-refractivity contribution in [3.63, 3.8) is 0 Å². The first-order valence-corrected chi connectivity index (χ1v) is 12.3. The second-order valence-electron chi connectivity index (χ2n) is 10.0. The van der Waals surface area contributed by atoms with E-state index in [2.05, 4.69) is 20.8 Å². The van der Waals surface area contributed by atoms with E-state index in [4.69, 9.17) is 9.26 Å². The van der Waals surface area contributed by atoms with Crippen LogP contribution >= 0.6 is 0 Å². The Morgan fingerprint density at radius 2 is 1.59 bits per heavy atom. The van der Waals surface area contributed by atoms with E-state index in [0.717, 1.165) is 21.9 Å². The number of ether oxygens (including phenoxy) is 1. The van der Waals surface area contributed by atoms with Gasteiger partial charge in [0.05, 0.1) is 0 Å². The average molecular weight is 501 g/mol. The van der Waals surface area contributed by atoms with Crippen LogP contribution in [-0.2, 0) is 22.4 Å². The molecular weight excluding hydrogens is 468 g/mol. The third-order valence-corrected chi connectivity index (χ3v) is 5.70. The van der Waals surface area contributed by atoms with Crippen LogP contribution in [0.3, 0.4) is 0 Å². The van der Waals surface area contributed by atoms with Crippen LogP contribution in [0.25, 0.3) is 10.8 Å². The summed E-state index contributed by atoms with van der Waals surface area (Å²) in [6, 6.07) is 22.2. The number of aromatic nitrogens is 2. The van der Waals surface area contributed by atoms with Crippen LogP contribution in [0.1, 0.15) is 49.7 Å². The van der Waals surface area contributed by atoms with Gasteiger partial charge in [-0.3, -0.25) is 4.79 Å². The molecule has 2 amide bonds. The molecule has 1 heterocycles. The summed E-state index contributed by atoms with van der Waals surface area (Å²) < 4.78 is 10.8. The molecule has 0 spiro atoms. The van der Waals surface area contributed by atoms with Crippen molar-refractivity contribution in [3.05, 3.63) is 95.6 Å². The minimum Gasteiger partial charge on any atom is -0.444 e. The van der Waals surface area contributed by atoms with Crippen LogP contribution in [0, 0.1) is 6.92 Å². The summed E-state index contributed by atoms with van der Waals surface area (Å²) >= 11 is 0. The molecule has 0 fully saturated rings. The SMILES string of the molecule is Cc1noc([C@@H](Cc2ccccc2)NC(=O)C(Cc2ccc3ccccc3c2)NC(=O)OC(C)(C)C)n1. The van der Waals surface area contributed by atoms with Gasteiger partial charge in [-0.1, -0.05) is 78.0 Å². The van der Waals surface area contributed by atoms with E-state index in [9.17, 15) is 9.59 Å². The Morgan fingerprint density at radius 1 is 0.892 bits per heavy atom. The number of rotatable bonds is 8. The van der Waals surface area contributed by atoms with Crippen LogP contribution in [0.5, 0.6) is 0 Å². The summed E-state index contributed by atoms with van der Waals surface area (Å²) in [6.45, 7) is 7.05. The number of fused-ring (bicyclic) bond motifs is 1. The number of carbonyl (C=O) groups excluding carboxylic acids is 2. The lowest BCUT2D eigenvalue weighted by Gasteiger charge is -2.25. The fourth-order valence-electron chi connectivity index (χ4n) is 4.04. The number of hydrogen-bond donors (Lipinski definition) is 2. The Bertz CT molecular complexity index is 1360. The predicted octanol–water partition coefficient (Wildman–Crippen LogP) is 5.07. The first-order chi connectivity index (χ1) is 17.7. The van der Waals surface area contributed by atoms with E-state index < -0.39 is 23.8 Å². The van der Waals surface area contributed by atoms with Gasteiger partial charge in [0.25, 0.3) is 0 Å². The Hall–Kier alpha value is -4.20. The largest absolute Gasteiger partial charge is 0.444 e. The maximum absolute atomic E-state index is 13.6. The summed E-state index contributed by atoms with van der Waals surface area (Å²) in [5.41, 5.74) is 1.20. The third kappa shape index (κ3) is 7.39. The summed E-state index contributed by atoms with van der Waals surface area (Å²) in [6.07, 6.45) is 0.0573. The highest BCUT2D eigenvalue weighted by Crippen LogP contribution is 2.20. The van der Waals surface area contributed by atoms with Gasteiger partial charge in [-0.2, -0.15) is 4.98 Å². The van der Waals surface area contributed by atoms with Gasteiger partial charge in [0.2, 0.25) is 11.8 Å². The van der Waals surface area contributed by atoms with Crippen molar-refractivity contribution in [1.82, 2.24) is 20.8 Å². The Kier molecular flexibility index (Phi) is 7.86. The quantitative estimate of drug-likeness (QED) is 0.350. The van der Waals surface area contributed by atoms with Gasteiger partial charge in [-0.15, -0.1) is 0 Å². The minimum absolute atomic E-state index is 0.275. The molecular formula is C29H32N4O4. The van der Waals surface area contributed by atoms with Crippen molar-refractivity contribution in [2.24, 2.45) is 0 Å². The molecule has 0 radical (unpaired) electrons. The van der Waals surface area contributed by atoms with E-state index >= 15 is 0 Å². The highest BCUT2D eigenvalue weighted by molar-refractivity contribution is 5.87. The third-order valence-electron chi connectivity index (χ3n) is 5.70. The molecule has 0 saturated carbocycles. The second kappa shape index (κ2) is 11.2. The Labute approximate surface area is 216 Å². The predicted molar refractivity (Wildman–Crippen MR) is 141 cm³/mol. The van der Waals surface area contributed by atoms with E-state index in [1.807, 2.05) is 72.8 Å². The Morgan fingerprint density at radius 3 is 2.27 bits per heavy atom. The first-order valence-electron chi connectivity index (χ1n) is 12.3. The van der Waals surface area contributed by atoms with Gasteiger partial charge in [0.1, 0.15) is 17.7 Å². The molecule has 1 aromatic heterocycles. The minimum atomic E-state index is -0.890. The smallest absolute Gasteiger partial charge is 0.408 e. The molecule has 0 saturated heterocycles. The van der Waals surface area contributed by atoms with Gasteiger partial charge in [0.15, 0.2) is 5.82 Å². The molecule has 8 heteroatoms. The molecule has 3 aromatic carbocycles. The number of nitrogens with one attached hydrogen (secondary N) is 2. The van der Waals surface area contributed by atoms with Crippen LogP contribution in [0.2, 0.25) is 0 Å². The van der Waals surface area contributed by atoms with Crippen molar-refractivity contribution < 1.29 is 18.8 Å². The first kappa shape index (κ1) is 25.9. The number of aryl methyl sites for hydroxylation is 1. The van der Waals surface area contributed by atoms with Gasteiger partial charge in [0, 0.05) is 12.8 Å². The Balaban J connectivity index is 1.59. The monoisotopic (exact) mass is 500 g/mol. The molecule has 4 aromatic rings. The molecule has 0 bridgehead atoms. The van der Waals surface area contributed by atoms with Crippen LogP contribution in [0.4, 0.5) is 4.79 Å². The molecule has 2 N–H and O–H groups in total. The number of hydrogen-bond acceptors (Lipinski definition) is 6. The number of benzene rings is 3. The van der Waals surface area contributed by atoms with E-state index in [0.29, 0.717) is 18.1 Å². The molecule has 8 nitrogen and oxygen atoms in total. The number of carbonyl (C=O) groups is 2. The molecule has 4 rings (SSSR count). The standard InChI is InChI=1S/C29H32N4O4/c1-19-30-27(37-33-19)25(17-20-10-6-5-7-11-20)31-26(34)24(32-28(35)36-29(2,3)4)18-21-14-15-22-12-8-9-13-23(22)16-21/h5-16,24-25H,17-18H2,1-4H3,(H,31,34)(H,32,35)/t24?,25-/m1/s1. The number of amides is 2. The number of nitrogens with zero attached hydrogens (tertiary/aromatic N) is 2. The van der Waals surface area contributed by atoms with Crippen molar-refractivity contribution in [2.75, 3.05) is 0 Å². The zero-order valence-electron chi connectivity index (χ0n) is 21.5. The molecule has 192 valence electrons. The van der Waals surface area contributed by atoms with Crippen molar-refractivity contribution in [3.8, 4) is 0 Å². The molecule has 1 unspecified atom stereocenters. The van der Waals surface area contributed by atoms with E-state index in [1.54, 1.807) is 27.7 Å². The fourth-order valence-corrected chi connectivity index (χ4v) is 4.04. The van der Waals surface area contributed by atoms with E-state index in [-0.39, 0.29) is 12.3 Å². The van der Waals surface area contributed by atoms with Gasteiger partial charge in [-0.05, 0) is 49.6 Å². The molecule has 2 atom stereocenters. The average Bonchev–Trinajstić information content (AvgIpc) is 3.29. The lowest BCUT2D eigenvalue weighted by Crippen LogP contribution is -2.50. The van der Waals surface area contributed by atoms with Crippen LogP contribution in [-0.4, -0.2) is 33.8 Å². The maximum Gasteiger partial charge on any atom is 0.408 e. The van der Waals surface area contributed by atoms with Crippen LogP contribution in [0.15, 0.2) is 77.3 Å². The zero-order chi connectivity index (χ0) is 26.4. The number of alkyl carbamates (subject to hydrolysis) is 1. The summed E-state index contributed by atoms with van der Waals surface area (Å²) in [4.78, 5) is 30.6. The zero-order valence-corrected chi connectivity index (χ0v) is 21.5. The topological polar surface area (TPSA) is 106 Å². The van der Waals surface area contributed by atoms with Gasteiger partial charge >= 0.3 is 6.09 Å².